The molecular formula is C21H25N3O4S. The van der Waals surface area contributed by atoms with Gasteiger partial charge in [-0.15, -0.1) is 0 Å². The number of carbonyl (C=O) groups is 2. The van der Waals surface area contributed by atoms with E-state index in [1.54, 1.807) is 50.5 Å². The number of carbonyl (C=O) groups excluding carboxylic acids is 2. The van der Waals surface area contributed by atoms with Crippen molar-refractivity contribution in [2.75, 3.05) is 32.5 Å². The van der Waals surface area contributed by atoms with E-state index in [0.717, 1.165) is 19.3 Å². The van der Waals surface area contributed by atoms with Crippen molar-refractivity contribution >= 4 is 27.5 Å². The summed E-state index contributed by atoms with van der Waals surface area (Å²) in [7, 11) is -0.264. The van der Waals surface area contributed by atoms with Gasteiger partial charge in [-0.3, -0.25) is 9.59 Å². The van der Waals surface area contributed by atoms with Crippen molar-refractivity contribution in [2.24, 2.45) is 0 Å². The molecule has 1 N–H and O–H groups in total. The van der Waals surface area contributed by atoms with Gasteiger partial charge in [-0.25, -0.2) is 8.42 Å². The molecule has 0 saturated carbocycles. The van der Waals surface area contributed by atoms with Crippen LogP contribution in [0.2, 0.25) is 0 Å². The van der Waals surface area contributed by atoms with E-state index in [1.807, 2.05) is 0 Å². The molecule has 1 aliphatic rings. The van der Waals surface area contributed by atoms with Crippen LogP contribution in [0.3, 0.4) is 0 Å². The van der Waals surface area contributed by atoms with Crippen LogP contribution in [-0.2, 0) is 10.0 Å². The molecule has 2 aromatic carbocycles. The summed E-state index contributed by atoms with van der Waals surface area (Å²) in [6, 6.07) is 12.6. The van der Waals surface area contributed by atoms with Crippen LogP contribution in [0, 0.1) is 0 Å². The largest absolute Gasteiger partial charge is 0.345 e. The monoisotopic (exact) mass is 415 g/mol. The van der Waals surface area contributed by atoms with Crippen LogP contribution < -0.4 is 5.32 Å². The number of piperidine rings is 1. The quantitative estimate of drug-likeness (QED) is 0.814. The first kappa shape index (κ1) is 21.0. The second-order valence-corrected chi connectivity index (χ2v) is 9.16. The van der Waals surface area contributed by atoms with Crippen molar-refractivity contribution in [3.63, 3.8) is 0 Å². The Morgan fingerprint density at radius 2 is 1.59 bits per heavy atom. The molecule has 1 fully saturated rings. The van der Waals surface area contributed by atoms with Crippen molar-refractivity contribution in [2.45, 2.75) is 24.2 Å². The van der Waals surface area contributed by atoms with E-state index in [0.29, 0.717) is 24.3 Å². The highest BCUT2D eigenvalue weighted by Crippen LogP contribution is 2.22. The molecule has 0 atom stereocenters. The summed E-state index contributed by atoms with van der Waals surface area (Å²) < 4.78 is 27.2. The van der Waals surface area contributed by atoms with Gasteiger partial charge in [0.15, 0.2) is 0 Å². The Hall–Kier alpha value is -2.71. The first-order chi connectivity index (χ1) is 13.8. The SMILES string of the molecule is CN(C)C(=O)c1ccc(NC(=O)c2cccc(S(=O)(=O)N3CCCCC3)c2)cc1. The number of anilines is 1. The minimum atomic E-state index is -3.60. The van der Waals surface area contributed by atoms with Gasteiger partial charge in [-0.1, -0.05) is 12.5 Å². The lowest BCUT2D eigenvalue weighted by molar-refractivity contribution is 0.0827. The predicted molar refractivity (Wildman–Crippen MR) is 111 cm³/mol. The maximum Gasteiger partial charge on any atom is 0.255 e. The van der Waals surface area contributed by atoms with Crippen LogP contribution in [0.4, 0.5) is 5.69 Å². The lowest BCUT2D eigenvalue weighted by Gasteiger charge is -2.26. The normalized spacial score (nSPS) is 15.0. The van der Waals surface area contributed by atoms with E-state index in [2.05, 4.69) is 5.32 Å². The van der Waals surface area contributed by atoms with E-state index in [9.17, 15) is 18.0 Å². The predicted octanol–water partition coefficient (Wildman–Crippen LogP) is 2.82. The molecule has 0 aliphatic carbocycles. The van der Waals surface area contributed by atoms with Gasteiger partial charge in [0, 0.05) is 44.0 Å². The smallest absolute Gasteiger partial charge is 0.255 e. The molecule has 7 nitrogen and oxygen atoms in total. The standard InChI is InChI=1S/C21H25N3O4S/c1-23(2)21(26)16-9-11-18(12-10-16)22-20(25)17-7-6-8-19(15-17)29(27,28)24-13-4-3-5-14-24/h6-12,15H,3-5,13-14H2,1-2H3,(H,22,25). The Balaban J connectivity index is 1.75. The zero-order valence-electron chi connectivity index (χ0n) is 16.6. The second kappa shape index (κ2) is 8.75. The molecule has 1 heterocycles. The molecule has 3 rings (SSSR count). The van der Waals surface area contributed by atoms with Gasteiger partial charge in [-0.2, -0.15) is 4.31 Å². The molecule has 1 saturated heterocycles. The van der Waals surface area contributed by atoms with Gasteiger partial charge in [0.1, 0.15) is 0 Å². The van der Waals surface area contributed by atoms with Gasteiger partial charge in [0.2, 0.25) is 10.0 Å². The van der Waals surface area contributed by atoms with E-state index in [4.69, 9.17) is 0 Å². The van der Waals surface area contributed by atoms with Gasteiger partial charge < -0.3 is 10.2 Å². The van der Waals surface area contributed by atoms with E-state index >= 15 is 0 Å². The molecule has 0 radical (unpaired) electrons. The van der Waals surface area contributed by atoms with E-state index in [-0.39, 0.29) is 16.4 Å². The highest BCUT2D eigenvalue weighted by Gasteiger charge is 2.26. The minimum absolute atomic E-state index is 0.124. The molecular weight excluding hydrogens is 390 g/mol. The summed E-state index contributed by atoms with van der Waals surface area (Å²) in [5, 5.41) is 2.74. The Morgan fingerprint density at radius 1 is 0.931 bits per heavy atom. The van der Waals surface area contributed by atoms with Crippen molar-refractivity contribution < 1.29 is 18.0 Å². The lowest BCUT2D eigenvalue weighted by Crippen LogP contribution is -2.35. The van der Waals surface area contributed by atoms with Crippen LogP contribution >= 0.6 is 0 Å². The number of rotatable bonds is 5. The topological polar surface area (TPSA) is 86.8 Å². The number of amides is 2. The zero-order chi connectivity index (χ0) is 21.0. The summed E-state index contributed by atoms with van der Waals surface area (Å²) in [4.78, 5) is 26.1. The van der Waals surface area contributed by atoms with E-state index in [1.165, 1.54) is 21.3 Å². The van der Waals surface area contributed by atoms with Crippen molar-refractivity contribution in [3.8, 4) is 0 Å². The first-order valence-corrected chi connectivity index (χ1v) is 11.0. The Kier molecular flexibility index (Phi) is 6.34. The molecule has 0 bridgehead atoms. The van der Waals surface area contributed by atoms with Gasteiger partial charge >= 0.3 is 0 Å². The third-order valence-electron chi connectivity index (χ3n) is 4.84. The molecule has 8 heteroatoms. The molecule has 0 spiro atoms. The number of hydrogen-bond donors (Lipinski definition) is 1. The van der Waals surface area contributed by atoms with Gasteiger partial charge in [-0.05, 0) is 55.3 Å². The molecule has 2 aromatic rings. The van der Waals surface area contributed by atoms with Crippen molar-refractivity contribution in [1.29, 1.82) is 0 Å². The number of nitrogens with one attached hydrogen (secondary N) is 1. The molecule has 1 aliphatic heterocycles. The third kappa shape index (κ3) is 4.83. The van der Waals surface area contributed by atoms with Crippen LogP contribution in [-0.4, -0.2) is 56.6 Å². The van der Waals surface area contributed by atoms with Crippen LogP contribution in [0.15, 0.2) is 53.4 Å². The van der Waals surface area contributed by atoms with Crippen LogP contribution in [0.25, 0.3) is 0 Å². The fraction of sp³-hybridized carbons (Fsp3) is 0.333. The molecule has 154 valence electrons. The highest BCUT2D eigenvalue weighted by atomic mass is 32.2. The maximum atomic E-state index is 12.8. The number of benzene rings is 2. The number of nitrogens with zero attached hydrogens (tertiary/aromatic N) is 2. The molecule has 0 aromatic heterocycles. The Labute approximate surface area is 171 Å². The van der Waals surface area contributed by atoms with Gasteiger partial charge in [0.25, 0.3) is 11.8 Å². The van der Waals surface area contributed by atoms with E-state index < -0.39 is 15.9 Å². The highest BCUT2D eigenvalue weighted by molar-refractivity contribution is 7.89. The summed E-state index contributed by atoms with van der Waals surface area (Å²) >= 11 is 0. The number of sulfonamides is 1. The van der Waals surface area contributed by atoms with Crippen LogP contribution in [0.1, 0.15) is 40.0 Å². The van der Waals surface area contributed by atoms with Gasteiger partial charge in [0.05, 0.1) is 4.90 Å². The number of hydrogen-bond acceptors (Lipinski definition) is 4. The Morgan fingerprint density at radius 3 is 2.21 bits per heavy atom. The summed E-state index contributed by atoms with van der Waals surface area (Å²) in [5.41, 5.74) is 1.30. The first-order valence-electron chi connectivity index (χ1n) is 9.52. The summed E-state index contributed by atoms with van der Waals surface area (Å²) in [5.74, 6) is -0.536. The van der Waals surface area contributed by atoms with Crippen molar-refractivity contribution in [3.05, 3.63) is 59.7 Å². The van der Waals surface area contributed by atoms with Crippen molar-refractivity contribution in [1.82, 2.24) is 9.21 Å². The minimum Gasteiger partial charge on any atom is -0.345 e. The maximum absolute atomic E-state index is 12.8. The summed E-state index contributed by atoms with van der Waals surface area (Å²) in [6.07, 6.45) is 2.74. The fourth-order valence-corrected chi connectivity index (χ4v) is 4.77. The average molecular weight is 416 g/mol. The molecule has 0 unspecified atom stereocenters. The summed E-state index contributed by atoms with van der Waals surface area (Å²) in [6.45, 7) is 1.02. The lowest BCUT2D eigenvalue weighted by atomic mass is 10.1. The molecule has 2 amide bonds. The second-order valence-electron chi connectivity index (χ2n) is 7.22. The average Bonchev–Trinajstić information content (AvgIpc) is 2.74. The Bertz CT molecular complexity index is 995. The third-order valence-corrected chi connectivity index (χ3v) is 6.74. The zero-order valence-corrected chi connectivity index (χ0v) is 17.4. The molecule has 29 heavy (non-hydrogen) atoms. The van der Waals surface area contributed by atoms with Crippen LogP contribution in [0.5, 0.6) is 0 Å². The fourth-order valence-electron chi connectivity index (χ4n) is 3.21.